The number of nitrogen functional groups attached to an aromatic ring is 1. The van der Waals surface area contributed by atoms with E-state index in [-0.39, 0.29) is 0 Å². The van der Waals surface area contributed by atoms with Crippen LogP contribution >= 0.6 is 20.7 Å². The van der Waals surface area contributed by atoms with Gasteiger partial charge in [-0.25, -0.2) is 0 Å². The van der Waals surface area contributed by atoms with Gasteiger partial charge in [-0.3, -0.25) is 0 Å². The first-order valence-electron chi connectivity index (χ1n) is 8.52. The Morgan fingerprint density at radius 1 is 0.759 bits per heavy atom. The highest BCUT2D eigenvalue weighted by atomic mass is 32.9. The summed E-state index contributed by atoms with van der Waals surface area (Å²) in [5, 5.41) is 4.20. The van der Waals surface area contributed by atoms with Gasteiger partial charge < -0.3 is 29.5 Å². The number of nitrogens with two attached hydrogens (primary N) is 1. The normalized spacial score (nSPS) is 11.3. The Hall–Kier alpha value is -2.91. The van der Waals surface area contributed by atoms with Crippen molar-refractivity contribution in [3.8, 4) is 44.6 Å². The molecule has 9 heteroatoms. The molecule has 154 valence electrons. The average Bonchev–Trinajstić information content (AvgIpc) is 3.16. The van der Waals surface area contributed by atoms with Crippen molar-refractivity contribution in [2.45, 2.75) is 0 Å². The minimum absolute atomic E-state index is 0.526. The summed E-state index contributed by atoms with van der Waals surface area (Å²) in [6.45, 7) is 0. The highest BCUT2D eigenvalue weighted by Crippen LogP contribution is 2.44. The highest BCUT2D eigenvalue weighted by Gasteiger charge is 2.20. The molecule has 3 aromatic rings. The van der Waals surface area contributed by atoms with Crippen molar-refractivity contribution in [1.82, 2.24) is 0 Å². The second-order valence-corrected chi connectivity index (χ2v) is 7.95. The van der Waals surface area contributed by atoms with Crippen LogP contribution in [0.5, 0.6) is 23.0 Å². The zero-order valence-electron chi connectivity index (χ0n) is 16.8. The molecule has 0 saturated heterocycles. The maximum Gasteiger partial charge on any atom is 0.203 e. The molecule has 0 saturated carbocycles. The van der Waals surface area contributed by atoms with Crippen LogP contribution in [0.3, 0.4) is 0 Å². The van der Waals surface area contributed by atoms with Crippen molar-refractivity contribution in [2.75, 3.05) is 41.3 Å². The zero-order valence-corrected chi connectivity index (χ0v) is 18.4. The molecule has 0 radical (unpaired) electrons. The fraction of sp³-hybridized carbons (Fsp3) is 0.250. The third-order valence-corrected chi connectivity index (χ3v) is 6.61. The first-order chi connectivity index (χ1) is 14.1. The van der Waals surface area contributed by atoms with Gasteiger partial charge in [0.05, 0.1) is 39.0 Å². The van der Waals surface area contributed by atoms with Crippen LogP contribution in [0.4, 0.5) is 5.69 Å². The summed E-state index contributed by atoms with van der Waals surface area (Å²) in [5.74, 6) is 2.27. The van der Waals surface area contributed by atoms with Gasteiger partial charge in [-0.05, 0) is 41.5 Å². The number of hydrogen-bond donors (Lipinski definition) is 1. The standard InChI is InChI=1S/C20H22N2O5S2/c1-23-14-7-6-11(8-13(14)21)19-17(20(22-27-5)29-28-19)12-9-15(24-2)18(26-4)16(10-12)25-3/h6-10H,21H2,1-5H3/b22-20-. The quantitative estimate of drug-likeness (QED) is 0.340. The van der Waals surface area contributed by atoms with Gasteiger partial charge >= 0.3 is 0 Å². The molecule has 0 bridgehead atoms. The van der Waals surface area contributed by atoms with Crippen LogP contribution < -0.4 is 29.4 Å². The van der Waals surface area contributed by atoms with E-state index in [0.717, 1.165) is 26.2 Å². The van der Waals surface area contributed by atoms with E-state index in [9.17, 15) is 0 Å². The lowest BCUT2D eigenvalue weighted by Crippen LogP contribution is -2.02. The van der Waals surface area contributed by atoms with Crippen molar-refractivity contribution in [3.63, 3.8) is 0 Å². The molecule has 3 rings (SSSR count). The first-order valence-corrected chi connectivity index (χ1v) is 10.7. The van der Waals surface area contributed by atoms with Crippen LogP contribution in [0.1, 0.15) is 0 Å². The van der Waals surface area contributed by atoms with E-state index in [0.29, 0.717) is 28.7 Å². The van der Waals surface area contributed by atoms with Gasteiger partial charge in [0.15, 0.2) is 16.2 Å². The number of hydrogen-bond acceptors (Lipinski definition) is 9. The van der Waals surface area contributed by atoms with Crippen LogP contribution in [-0.4, -0.2) is 35.5 Å². The predicted molar refractivity (Wildman–Crippen MR) is 116 cm³/mol. The molecule has 1 heterocycles. The predicted octanol–water partition coefficient (Wildman–Crippen LogP) is 4.22. The molecule has 0 aliphatic rings. The van der Waals surface area contributed by atoms with Gasteiger partial charge in [0, 0.05) is 5.56 Å². The van der Waals surface area contributed by atoms with Crippen molar-refractivity contribution in [1.29, 1.82) is 0 Å². The van der Waals surface area contributed by atoms with Crippen LogP contribution in [0.2, 0.25) is 0 Å². The monoisotopic (exact) mass is 434 g/mol. The summed E-state index contributed by atoms with van der Waals surface area (Å²) in [7, 11) is 11.0. The largest absolute Gasteiger partial charge is 0.495 e. The van der Waals surface area contributed by atoms with Crippen LogP contribution in [0.25, 0.3) is 21.6 Å². The number of nitrogens with zero attached hydrogens (tertiary/aromatic N) is 1. The van der Waals surface area contributed by atoms with Gasteiger partial charge in [-0.15, -0.1) is 0 Å². The Morgan fingerprint density at radius 3 is 1.93 bits per heavy atom. The SMILES string of the molecule is CO/N=c1\ssc(-c2ccc(OC)c(N)c2)c1-c1cc(OC)c(OC)c(OC)c1. The summed E-state index contributed by atoms with van der Waals surface area (Å²) in [5.41, 5.74) is 9.39. The van der Waals surface area contributed by atoms with Gasteiger partial charge in [-0.2, -0.15) is 0 Å². The number of methoxy groups -OCH3 is 4. The second kappa shape index (κ2) is 9.06. The van der Waals surface area contributed by atoms with Gasteiger partial charge in [0.1, 0.15) is 12.9 Å². The van der Waals surface area contributed by atoms with Gasteiger partial charge in [0.25, 0.3) is 0 Å². The number of ether oxygens (including phenoxy) is 4. The van der Waals surface area contributed by atoms with Crippen molar-refractivity contribution in [3.05, 3.63) is 35.0 Å². The lowest BCUT2D eigenvalue weighted by molar-refractivity contribution is 0.202. The molecule has 2 N–H and O–H groups in total. The summed E-state index contributed by atoms with van der Waals surface area (Å²) in [6.07, 6.45) is 0. The molecule has 0 spiro atoms. The van der Waals surface area contributed by atoms with Crippen LogP contribution in [0.15, 0.2) is 35.5 Å². The van der Waals surface area contributed by atoms with E-state index < -0.39 is 0 Å². The molecule has 2 aromatic carbocycles. The van der Waals surface area contributed by atoms with E-state index in [1.165, 1.54) is 17.5 Å². The fourth-order valence-corrected chi connectivity index (χ4v) is 5.48. The third-order valence-electron chi connectivity index (χ3n) is 4.26. The molecule has 0 aliphatic carbocycles. The lowest BCUT2D eigenvalue weighted by Gasteiger charge is -2.14. The van der Waals surface area contributed by atoms with Crippen molar-refractivity contribution < 1.29 is 23.8 Å². The Balaban J connectivity index is 2.28. The molecule has 0 aliphatic heterocycles. The first kappa shape index (κ1) is 20.8. The molecule has 0 fully saturated rings. The number of rotatable bonds is 7. The summed E-state index contributed by atoms with van der Waals surface area (Å²) >= 11 is 0. The van der Waals surface area contributed by atoms with E-state index >= 15 is 0 Å². The van der Waals surface area contributed by atoms with E-state index in [4.69, 9.17) is 29.5 Å². The molecule has 0 atom stereocenters. The average molecular weight is 435 g/mol. The van der Waals surface area contributed by atoms with Crippen molar-refractivity contribution >= 4 is 26.4 Å². The number of benzene rings is 2. The molecular formula is C20H22N2O5S2. The number of anilines is 1. The minimum Gasteiger partial charge on any atom is -0.495 e. The second-order valence-electron chi connectivity index (χ2n) is 5.82. The van der Waals surface area contributed by atoms with Gasteiger partial charge in [0.2, 0.25) is 5.75 Å². The van der Waals surface area contributed by atoms with E-state index in [1.807, 2.05) is 30.3 Å². The zero-order chi connectivity index (χ0) is 21.0. The summed E-state index contributed by atoms with van der Waals surface area (Å²) in [4.78, 5) is 6.06. The van der Waals surface area contributed by atoms with E-state index in [1.54, 1.807) is 38.8 Å². The molecule has 29 heavy (non-hydrogen) atoms. The highest BCUT2D eigenvalue weighted by molar-refractivity contribution is 7.70. The van der Waals surface area contributed by atoms with Crippen molar-refractivity contribution in [2.24, 2.45) is 5.16 Å². The fourth-order valence-electron chi connectivity index (χ4n) is 2.95. The maximum atomic E-state index is 6.13. The van der Waals surface area contributed by atoms with E-state index in [2.05, 4.69) is 5.16 Å². The molecule has 1 aromatic heterocycles. The smallest absolute Gasteiger partial charge is 0.203 e. The molecule has 0 amide bonds. The molecule has 0 unspecified atom stereocenters. The lowest BCUT2D eigenvalue weighted by atomic mass is 10.0. The minimum atomic E-state index is 0.526. The Morgan fingerprint density at radius 2 is 1.41 bits per heavy atom. The summed E-state index contributed by atoms with van der Waals surface area (Å²) in [6, 6.07) is 9.48. The Labute approximate surface area is 176 Å². The molecular weight excluding hydrogens is 412 g/mol. The summed E-state index contributed by atoms with van der Waals surface area (Å²) < 4.78 is 22.5. The maximum absolute atomic E-state index is 6.13. The topological polar surface area (TPSA) is 84.5 Å². The van der Waals surface area contributed by atoms with Crippen LogP contribution in [0, 0.1) is 0 Å². The Kier molecular flexibility index (Phi) is 6.50. The molecule has 7 nitrogen and oxygen atoms in total. The Bertz CT molecular complexity index is 1050. The van der Waals surface area contributed by atoms with Crippen LogP contribution in [-0.2, 0) is 4.84 Å². The third kappa shape index (κ3) is 3.96. The van der Waals surface area contributed by atoms with Gasteiger partial charge in [-0.1, -0.05) is 25.8 Å².